The van der Waals surface area contributed by atoms with Gasteiger partial charge in [-0.3, -0.25) is 0 Å². The van der Waals surface area contributed by atoms with Crippen molar-refractivity contribution < 1.29 is 19.4 Å². The van der Waals surface area contributed by atoms with Crippen LogP contribution in [-0.4, -0.2) is 30.0 Å². The maximum Gasteiger partial charge on any atom is 0.407 e. The van der Waals surface area contributed by atoms with Gasteiger partial charge in [0, 0.05) is 6.04 Å². The molecule has 0 fully saturated rings. The third-order valence-electron chi connectivity index (χ3n) is 2.55. The molecule has 0 bridgehead atoms. The summed E-state index contributed by atoms with van der Waals surface area (Å²) in [5.74, 6) is 0.524. The molecule has 0 saturated heterocycles. The van der Waals surface area contributed by atoms with E-state index in [1.54, 1.807) is 12.1 Å². The smallest absolute Gasteiger partial charge is 0.407 e. The van der Waals surface area contributed by atoms with Crippen molar-refractivity contribution in [1.82, 2.24) is 5.32 Å². The van der Waals surface area contributed by atoms with Crippen molar-refractivity contribution in [3.8, 4) is 11.5 Å². The van der Waals surface area contributed by atoms with E-state index >= 15 is 0 Å². The number of aromatic hydroxyl groups is 1. The van der Waals surface area contributed by atoms with E-state index in [0.29, 0.717) is 12.2 Å². The summed E-state index contributed by atoms with van der Waals surface area (Å²) in [6.45, 7) is 7.33. The molecule has 5 heteroatoms. The number of methoxy groups -OCH3 is 1. The molecule has 0 aliphatic rings. The summed E-state index contributed by atoms with van der Waals surface area (Å²) in [5.41, 5.74) is 0.397. The van der Waals surface area contributed by atoms with Crippen LogP contribution in [0, 0.1) is 0 Å². The minimum absolute atomic E-state index is 0.0921. The first-order chi connectivity index (χ1) is 9.21. The van der Waals surface area contributed by atoms with Crippen LogP contribution in [0.2, 0.25) is 0 Å². The van der Waals surface area contributed by atoms with Crippen molar-refractivity contribution in [3.05, 3.63) is 23.8 Å². The van der Waals surface area contributed by atoms with Gasteiger partial charge in [0.25, 0.3) is 0 Å². The summed E-state index contributed by atoms with van der Waals surface area (Å²) in [6, 6.07) is 5.08. The number of nitrogens with one attached hydrogen (secondary N) is 1. The van der Waals surface area contributed by atoms with Crippen molar-refractivity contribution in [1.29, 1.82) is 0 Å². The molecule has 0 heterocycles. The van der Waals surface area contributed by atoms with E-state index in [9.17, 15) is 9.90 Å². The van der Waals surface area contributed by atoms with Crippen LogP contribution < -0.4 is 10.1 Å². The highest BCUT2D eigenvalue weighted by atomic mass is 16.6. The fourth-order valence-electron chi connectivity index (χ4n) is 1.78. The lowest BCUT2D eigenvalue weighted by atomic mass is 10.1. The van der Waals surface area contributed by atoms with Crippen molar-refractivity contribution in [3.63, 3.8) is 0 Å². The third kappa shape index (κ3) is 5.38. The molecule has 1 rings (SSSR count). The molecule has 2 N–H and O–H groups in total. The maximum absolute atomic E-state index is 11.6. The van der Waals surface area contributed by atoms with Crippen molar-refractivity contribution in [2.45, 2.75) is 45.8 Å². The number of carbonyl (C=O) groups excluding carboxylic acids is 1. The molecule has 0 aliphatic heterocycles. The second-order valence-electron chi connectivity index (χ2n) is 5.76. The van der Waals surface area contributed by atoms with Gasteiger partial charge in [0.15, 0.2) is 11.5 Å². The fourth-order valence-corrected chi connectivity index (χ4v) is 1.78. The van der Waals surface area contributed by atoms with Gasteiger partial charge in [-0.1, -0.05) is 6.07 Å². The van der Waals surface area contributed by atoms with Crippen LogP contribution >= 0.6 is 0 Å². The molecule has 0 aromatic heterocycles. The number of amides is 1. The molecular formula is C15H23NO4. The van der Waals surface area contributed by atoms with Crippen LogP contribution in [0.3, 0.4) is 0 Å². The van der Waals surface area contributed by atoms with Crippen LogP contribution in [-0.2, 0) is 11.2 Å². The summed E-state index contributed by atoms with van der Waals surface area (Å²) >= 11 is 0. The zero-order chi connectivity index (χ0) is 15.3. The number of benzene rings is 1. The first-order valence-corrected chi connectivity index (χ1v) is 6.56. The normalized spacial score (nSPS) is 12.7. The molecule has 112 valence electrons. The second-order valence-corrected chi connectivity index (χ2v) is 5.76. The summed E-state index contributed by atoms with van der Waals surface area (Å²) in [4.78, 5) is 11.6. The highest BCUT2D eigenvalue weighted by Crippen LogP contribution is 2.26. The topological polar surface area (TPSA) is 67.8 Å². The summed E-state index contributed by atoms with van der Waals surface area (Å²) in [7, 11) is 1.50. The summed E-state index contributed by atoms with van der Waals surface area (Å²) in [6.07, 6.45) is 0.152. The number of hydrogen-bond donors (Lipinski definition) is 2. The van der Waals surface area contributed by atoms with Crippen LogP contribution in [0.4, 0.5) is 4.79 Å². The highest BCUT2D eigenvalue weighted by Gasteiger charge is 2.17. The van der Waals surface area contributed by atoms with E-state index in [-0.39, 0.29) is 11.8 Å². The second kappa shape index (κ2) is 6.50. The number of carbonyl (C=O) groups is 1. The molecular weight excluding hydrogens is 258 g/mol. The molecule has 1 amide bonds. The zero-order valence-electron chi connectivity index (χ0n) is 12.7. The van der Waals surface area contributed by atoms with E-state index in [1.165, 1.54) is 7.11 Å². The zero-order valence-corrected chi connectivity index (χ0v) is 12.7. The van der Waals surface area contributed by atoms with Gasteiger partial charge in [-0.25, -0.2) is 4.79 Å². The Morgan fingerprint density at radius 3 is 2.55 bits per heavy atom. The van der Waals surface area contributed by atoms with Gasteiger partial charge in [-0.15, -0.1) is 0 Å². The Morgan fingerprint density at radius 2 is 2.05 bits per heavy atom. The maximum atomic E-state index is 11.6. The SMILES string of the molecule is COc1ccc(CC(C)NC(=O)OC(C)(C)C)cc1O. The Balaban J connectivity index is 2.56. The van der Waals surface area contributed by atoms with Gasteiger partial charge in [-0.2, -0.15) is 0 Å². The van der Waals surface area contributed by atoms with E-state index in [0.717, 1.165) is 5.56 Å². The number of hydrogen-bond acceptors (Lipinski definition) is 4. The number of rotatable bonds is 4. The highest BCUT2D eigenvalue weighted by molar-refractivity contribution is 5.68. The quantitative estimate of drug-likeness (QED) is 0.890. The van der Waals surface area contributed by atoms with Crippen molar-refractivity contribution >= 4 is 6.09 Å². The standard InChI is InChI=1S/C15H23NO4/c1-10(16-14(18)20-15(2,3)4)8-11-6-7-13(19-5)12(17)9-11/h6-7,9-10,17H,8H2,1-5H3,(H,16,18). The van der Waals surface area contributed by atoms with Gasteiger partial charge >= 0.3 is 6.09 Å². The molecule has 0 spiro atoms. The largest absolute Gasteiger partial charge is 0.504 e. The molecule has 1 atom stereocenters. The monoisotopic (exact) mass is 281 g/mol. The van der Waals surface area contributed by atoms with E-state index in [4.69, 9.17) is 9.47 Å². The molecule has 0 aliphatic carbocycles. The number of phenols is 1. The molecule has 5 nitrogen and oxygen atoms in total. The molecule has 1 aromatic rings. The third-order valence-corrected chi connectivity index (χ3v) is 2.55. The van der Waals surface area contributed by atoms with Gasteiger partial charge in [-0.05, 0) is 51.8 Å². The average Bonchev–Trinajstić information content (AvgIpc) is 2.25. The molecule has 1 aromatic carbocycles. The van der Waals surface area contributed by atoms with Crippen LogP contribution in [0.25, 0.3) is 0 Å². The summed E-state index contributed by atoms with van der Waals surface area (Å²) < 4.78 is 10.2. The fraction of sp³-hybridized carbons (Fsp3) is 0.533. The van der Waals surface area contributed by atoms with Gasteiger partial charge < -0.3 is 19.9 Å². The number of ether oxygens (including phenoxy) is 2. The van der Waals surface area contributed by atoms with Gasteiger partial charge in [0.2, 0.25) is 0 Å². The van der Waals surface area contributed by atoms with Crippen molar-refractivity contribution in [2.75, 3.05) is 7.11 Å². The Hall–Kier alpha value is -1.91. The Labute approximate surface area is 119 Å². The summed E-state index contributed by atoms with van der Waals surface area (Å²) in [5, 5.41) is 12.5. The average molecular weight is 281 g/mol. The molecule has 1 unspecified atom stereocenters. The molecule has 20 heavy (non-hydrogen) atoms. The lowest BCUT2D eigenvalue weighted by molar-refractivity contribution is 0.0508. The first-order valence-electron chi connectivity index (χ1n) is 6.56. The predicted molar refractivity (Wildman–Crippen MR) is 77.2 cm³/mol. The number of phenolic OH excluding ortho intramolecular Hbond substituents is 1. The first kappa shape index (κ1) is 16.1. The van der Waals surface area contributed by atoms with E-state index in [1.807, 2.05) is 33.8 Å². The Kier molecular flexibility index (Phi) is 5.25. The van der Waals surface area contributed by atoms with E-state index in [2.05, 4.69) is 5.32 Å². The molecule has 0 radical (unpaired) electrons. The minimum atomic E-state index is -0.512. The minimum Gasteiger partial charge on any atom is -0.504 e. The van der Waals surface area contributed by atoms with Crippen LogP contribution in [0.1, 0.15) is 33.3 Å². The Morgan fingerprint density at radius 1 is 1.40 bits per heavy atom. The molecule has 0 saturated carbocycles. The lowest BCUT2D eigenvalue weighted by Gasteiger charge is -2.22. The predicted octanol–water partition coefficient (Wildman–Crippen LogP) is 2.86. The lowest BCUT2D eigenvalue weighted by Crippen LogP contribution is -2.38. The van der Waals surface area contributed by atoms with E-state index < -0.39 is 11.7 Å². The van der Waals surface area contributed by atoms with Crippen LogP contribution in [0.5, 0.6) is 11.5 Å². The van der Waals surface area contributed by atoms with Crippen LogP contribution in [0.15, 0.2) is 18.2 Å². The van der Waals surface area contributed by atoms with Gasteiger partial charge in [0.05, 0.1) is 7.11 Å². The number of alkyl carbamates (subject to hydrolysis) is 1. The van der Waals surface area contributed by atoms with Gasteiger partial charge in [0.1, 0.15) is 5.60 Å². The van der Waals surface area contributed by atoms with Crippen molar-refractivity contribution in [2.24, 2.45) is 0 Å². The Bertz CT molecular complexity index is 465.